The van der Waals surface area contributed by atoms with Gasteiger partial charge in [-0.05, 0) is 35.9 Å². The predicted octanol–water partition coefficient (Wildman–Crippen LogP) is 2.96. The Morgan fingerprint density at radius 2 is 1.95 bits per heavy atom. The first-order valence-electron chi connectivity index (χ1n) is 5.99. The molecule has 2 heterocycles. The summed E-state index contributed by atoms with van der Waals surface area (Å²) in [6, 6.07) is 9.04. The molecule has 0 aliphatic carbocycles. The average molecular weight is 287 g/mol. The molecule has 0 aliphatic heterocycles. The number of nitrogen functional groups attached to an aromatic ring is 1. The van der Waals surface area contributed by atoms with Crippen molar-refractivity contribution in [3.8, 4) is 11.5 Å². The fourth-order valence-corrected chi connectivity index (χ4v) is 1.97. The number of benzene rings is 1. The van der Waals surface area contributed by atoms with Crippen LogP contribution in [-0.4, -0.2) is 15.1 Å². The van der Waals surface area contributed by atoms with Gasteiger partial charge in [0.25, 0.3) is 5.89 Å². The van der Waals surface area contributed by atoms with Crippen LogP contribution < -0.4 is 5.73 Å². The van der Waals surface area contributed by atoms with Crippen molar-refractivity contribution in [2.75, 3.05) is 5.73 Å². The molecule has 0 aliphatic rings. The second-order valence-corrected chi connectivity index (χ2v) is 4.69. The summed E-state index contributed by atoms with van der Waals surface area (Å²) in [5.74, 6) is 1.04. The molecule has 0 fully saturated rings. The summed E-state index contributed by atoms with van der Waals surface area (Å²) >= 11 is 5.98. The molecule has 0 amide bonds. The zero-order chi connectivity index (χ0) is 13.9. The Kier molecular flexibility index (Phi) is 3.35. The van der Waals surface area contributed by atoms with Crippen molar-refractivity contribution in [3.05, 3.63) is 59.1 Å². The standard InChI is InChI=1S/C14H11ClN4O/c15-11-8-10(1-2-12(11)16)14-18-13(19-20-14)7-9-3-5-17-6-4-9/h1-6,8H,7,16H2. The summed E-state index contributed by atoms with van der Waals surface area (Å²) in [4.78, 5) is 8.32. The lowest BCUT2D eigenvalue weighted by atomic mass is 10.2. The van der Waals surface area contributed by atoms with Crippen molar-refractivity contribution in [3.63, 3.8) is 0 Å². The van der Waals surface area contributed by atoms with E-state index in [1.54, 1.807) is 30.6 Å². The fraction of sp³-hybridized carbons (Fsp3) is 0.0714. The smallest absolute Gasteiger partial charge is 0.257 e. The van der Waals surface area contributed by atoms with Crippen LogP contribution in [0.15, 0.2) is 47.2 Å². The van der Waals surface area contributed by atoms with Gasteiger partial charge in [-0.1, -0.05) is 16.8 Å². The molecule has 1 aromatic carbocycles. The Bertz CT molecular complexity index is 727. The van der Waals surface area contributed by atoms with Crippen LogP contribution in [-0.2, 0) is 6.42 Å². The van der Waals surface area contributed by atoms with Gasteiger partial charge >= 0.3 is 0 Å². The van der Waals surface area contributed by atoms with Crippen LogP contribution in [0.3, 0.4) is 0 Å². The van der Waals surface area contributed by atoms with Crippen molar-refractivity contribution in [2.45, 2.75) is 6.42 Å². The highest BCUT2D eigenvalue weighted by Crippen LogP contribution is 2.26. The molecule has 0 spiro atoms. The van der Waals surface area contributed by atoms with Gasteiger partial charge in [-0.3, -0.25) is 4.98 Å². The largest absolute Gasteiger partial charge is 0.398 e. The first-order valence-corrected chi connectivity index (χ1v) is 6.37. The van der Waals surface area contributed by atoms with E-state index in [1.807, 2.05) is 12.1 Å². The first-order chi connectivity index (χ1) is 9.72. The Labute approximate surface area is 120 Å². The molecular weight excluding hydrogens is 276 g/mol. The molecule has 5 nitrogen and oxygen atoms in total. The third-order valence-corrected chi connectivity index (χ3v) is 3.15. The van der Waals surface area contributed by atoms with Gasteiger partial charge in [-0.25, -0.2) is 0 Å². The van der Waals surface area contributed by atoms with Crippen molar-refractivity contribution in [1.82, 2.24) is 15.1 Å². The van der Waals surface area contributed by atoms with Crippen LogP contribution in [0, 0.1) is 0 Å². The lowest BCUT2D eigenvalue weighted by Gasteiger charge is -1.98. The molecule has 3 rings (SSSR count). The van der Waals surface area contributed by atoms with E-state index in [2.05, 4.69) is 15.1 Å². The number of aromatic nitrogens is 3. The second kappa shape index (κ2) is 5.30. The second-order valence-electron chi connectivity index (χ2n) is 4.28. The van der Waals surface area contributed by atoms with E-state index < -0.39 is 0 Å². The maximum absolute atomic E-state index is 5.98. The van der Waals surface area contributed by atoms with E-state index in [4.69, 9.17) is 21.9 Å². The third-order valence-electron chi connectivity index (χ3n) is 2.83. The molecule has 100 valence electrons. The number of nitrogens with zero attached hydrogens (tertiary/aromatic N) is 3. The molecule has 0 unspecified atom stereocenters. The topological polar surface area (TPSA) is 77.8 Å². The minimum atomic E-state index is 0.427. The van der Waals surface area contributed by atoms with E-state index in [9.17, 15) is 0 Å². The SMILES string of the molecule is Nc1ccc(-c2nc(Cc3ccncc3)no2)cc1Cl. The van der Waals surface area contributed by atoms with Gasteiger partial charge in [-0.2, -0.15) is 4.98 Å². The van der Waals surface area contributed by atoms with Crippen LogP contribution in [0.25, 0.3) is 11.5 Å². The summed E-state index contributed by atoms with van der Waals surface area (Å²) in [6.45, 7) is 0. The first kappa shape index (κ1) is 12.6. The molecule has 6 heteroatoms. The number of pyridine rings is 1. The van der Waals surface area contributed by atoms with Crippen molar-refractivity contribution >= 4 is 17.3 Å². The number of rotatable bonds is 3. The highest BCUT2D eigenvalue weighted by Gasteiger charge is 2.10. The summed E-state index contributed by atoms with van der Waals surface area (Å²) in [7, 11) is 0. The van der Waals surface area contributed by atoms with E-state index in [0.29, 0.717) is 28.8 Å². The highest BCUT2D eigenvalue weighted by molar-refractivity contribution is 6.33. The molecule has 20 heavy (non-hydrogen) atoms. The van der Waals surface area contributed by atoms with Crippen LogP contribution in [0.2, 0.25) is 5.02 Å². The Morgan fingerprint density at radius 3 is 2.70 bits per heavy atom. The zero-order valence-corrected chi connectivity index (χ0v) is 11.2. The minimum absolute atomic E-state index is 0.427. The lowest BCUT2D eigenvalue weighted by molar-refractivity contribution is 0.424. The fourth-order valence-electron chi connectivity index (χ4n) is 1.79. The van der Waals surface area contributed by atoms with Gasteiger partial charge in [0.15, 0.2) is 5.82 Å². The van der Waals surface area contributed by atoms with Crippen LogP contribution >= 0.6 is 11.6 Å². The van der Waals surface area contributed by atoms with Gasteiger partial charge in [0, 0.05) is 24.4 Å². The summed E-state index contributed by atoms with van der Waals surface area (Å²) in [5.41, 5.74) is 8.01. The van der Waals surface area contributed by atoms with E-state index in [0.717, 1.165) is 11.1 Å². The molecule has 0 atom stereocenters. The normalized spacial score (nSPS) is 10.7. The summed E-state index contributed by atoms with van der Waals surface area (Å²) in [6.07, 6.45) is 4.06. The molecule has 2 aromatic heterocycles. The summed E-state index contributed by atoms with van der Waals surface area (Å²) in [5, 5.41) is 4.43. The Morgan fingerprint density at radius 1 is 1.15 bits per heavy atom. The molecule has 0 saturated heterocycles. The van der Waals surface area contributed by atoms with Gasteiger partial charge in [0.1, 0.15) is 0 Å². The number of hydrogen-bond acceptors (Lipinski definition) is 5. The van der Waals surface area contributed by atoms with Gasteiger partial charge in [0.05, 0.1) is 10.7 Å². The quantitative estimate of drug-likeness (QED) is 0.749. The minimum Gasteiger partial charge on any atom is -0.398 e. The van der Waals surface area contributed by atoms with E-state index in [-0.39, 0.29) is 0 Å². The number of nitrogens with two attached hydrogens (primary N) is 1. The van der Waals surface area contributed by atoms with Gasteiger partial charge in [0.2, 0.25) is 0 Å². The zero-order valence-electron chi connectivity index (χ0n) is 10.5. The Hall–Kier alpha value is -2.40. The predicted molar refractivity (Wildman–Crippen MR) is 76.2 cm³/mol. The number of halogens is 1. The highest BCUT2D eigenvalue weighted by atomic mass is 35.5. The Balaban J connectivity index is 1.84. The molecule has 0 radical (unpaired) electrons. The van der Waals surface area contributed by atoms with Crippen molar-refractivity contribution < 1.29 is 4.52 Å². The number of hydrogen-bond donors (Lipinski definition) is 1. The summed E-state index contributed by atoms with van der Waals surface area (Å²) < 4.78 is 5.24. The van der Waals surface area contributed by atoms with Crippen LogP contribution in [0.1, 0.15) is 11.4 Å². The lowest BCUT2D eigenvalue weighted by Crippen LogP contribution is -1.91. The molecule has 0 bridgehead atoms. The van der Waals surface area contributed by atoms with Gasteiger partial charge < -0.3 is 10.3 Å². The molecule has 3 aromatic rings. The van der Waals surface area contributed by atoms with Crippen LogP contribution in [0.4, 0.5) is 5.69 Å². The maximum Gasteiger partial charge on any atom is 0.257 e. The number of anilines is 1. The third kappa shape index (κ3) is 2.62. The monoisotopic (exact) mass is 286 g/mol. The average Bonchev–Trinajstić information content (AvgIpc) is 2.91. The van der Waals surface area contributed by atoms with E-state index in [1.165, 1.54) is 0 Å². The van der Waals surface area contributed by atoms with Gasteiger partial charge in [-0.15, -0.1) is 0 Å². The maximum atomic E-state index is 5.98. The van der Waals surface area contributed by atoms with E-state index >= 15 is 0 Å². The molecule has 2 N–H and O–H groups in total. The molecule has 0 saturated carbocycles. The van der Waals surface area contributed by atoms with Crippen LogP contribution in [0.5, 0.6) is 0 Å². The van der Waals surface area contributed by atoms with Crippen molar-refractivity contribution in [1.29, 1.82) is 0 Å². The molecular formula is C14H11ClN4O. The van der Waals surface area contributed by atoms with Crippen molar-refractivity contribution in [2.24, 2.45) is 0 Å².